The number of rotatable bonds is 10. The zero-order valence-corrected chi connectivity index (χ0v) is 20.7. The van der Waals surface area contributed by atoms with Crippen LogP contribution in [0.5, 0.6) is 0 Å². The average molecular weight is 545 g/mol. The molecule has 3 rings (SSSR count). The molecular weight excluding hydrogens is 522 g/mol. The molecule has 0 bridgehead atoms. The van der Waals surface area contributed by atoms with Gasteiger partial charge in [-0.25, -0.2) is 14.4 Å². The summed E-state index contributed by atoms with van der Waals surface area (Å²) in [5, 5.41) is 0.964. The highest BCUT2D eigenvalue weighted by Crippen LogP contribution is 2.18. The largest absolute Gasteiger partial charge is 0.337 e. The fraction of sp³-hybridized carbons (Fsp3) is 0.375. The lowest BCUT2D eigenvalue weighted by Gasteiger charge is -2.15. The van der Waals surface area contributed by atoms with Crippen molar-refractivity contribution >= 4 is 53.9 Å². The topological polar surface area (TPSA) is 191 Å². The zero-order chi connectivity index (χ0) is 28.7. The average Bonchev–Trinajstić information content (AvgIpc) is 3.36. The van der Waals surface area contributed by atoms with E-state index in [9.17, 15) is 43.2 Å². The van der Waals surface area contributed by atoms with E-state index < -0.39 is 66.7 Å². The van der Waals surface area contributed by atoms with Crippen molar-refractivity contribution < 1.29 is 57.7 Å². The Bertz CT molecular complexity index is 1150. The number of carbonyl (C=O) groups excluding carboxylic acids is 9. The standard InChI is InChI=1S/C24H23N3O12/c1-2-17(29)25(13-28)37-22(34)10-14-7-15(11-23(35)38-26-18(30)3-4-19(26)31)9-16(8-14)12-24(36)39-27-20(32)5-6-21(27)33/h7-9,13H,2-6,10-12H2,1H3. The summed E-state index contributed by atoms with van der Waals surface area (Å²) >= 11 is 0. The molecule has 2 aliphatic rings. The molecule has 0 atom stereocenters. The van der Waals surface area contributed by atoms with Crippen molar-refractivity contribution in [3.8, 4) is 0 Å². The van der Waals surface area contributed by atoms with Crippen LogP contribution < -0.4 is 0 Å². The molecule has 39 heavy (non-hydrogen) atoms. The number of hydroxylamine groups is 6. The smallest absolute Gasteiger partial charge is 0.330 e. The molecule has 2 fully saturated rings. The van der Waals surface area contributed by atoms with Crippen molar-refractivity contribution in [2.45, 2.75) is 58.3 Å². The van der Waals surface area contributed by atoms with Gasteiger partial charge in [-0.05, 0) is 16.7 Å². The third-order valence-electron chi connectivity index (χ3n) is 5.40. The van der Waals surface area contributed by atoms with E-state index in [1.165, 1.54) is 25.1 Å². The third kappa shape index (κ3) is 7.53. The van der Waals surface area contributed by atoms with Crippen molar-refractivity contribution in [3.05, 3.63) is 34.9 Å². The van der Waals surface area contributed by atoms with Crippen molar-refractivity contribution in [1.29, 1.82) is 0 Å². The molecule has 6 amide bonds. The SMILES string of the molecule is CCC(=O)N(C=O)OC(=O)Cc1cc(CC(=O)ON2C(=O)CCC2=O)cc(CC(=O)ON2C(=O)CCC2=O)c1. The van der Waals surface area contributed by atoms with Gasteiger partial charge < -0.3 is 14.5 Å². The predicted octanol–water partition coefficient (Wildman–Crippen LogP) is -0.618. The first-order valence-corrected chi connectivity index (χ1v) is 11.7. The van der Waals surface area contributed by atoms with Crippen LogP contribution in [0.4, 0.5) is 0 Å². The summed E-state index contributed by atoms with van der Waals surface area (Å²) in [6.45, 7) is 1.45. The second-order valence-electron chi connectivity index (χ2n) is 8.42. The highest BCUT2D eigenvalue weighted by atomic mass is 16.7. The fourth-order valence-electron chi connectivity index (χ4n) is 3.66. The second-order valence-corrected chi connectivity index (χ2v) is 8.42. The number of benzene rings is 1. The molecule has 15 nitrogen and oxygen atoms in total. The molecule has 2 aliphatic heterocycles. The maximum absolute atomic E-state index is 12.4. The minimum atomic E-state index is -1.02. The van der Waals surface area contributed by atoms with Crippen LogP contribution in [-0.4, -0.2) is 69.0 Å². The minimum Gasteiger partial charge on any atom is -0.330 e. The number of amides is 6. The van der Waals surface area contributed by atoms with Crippen LogP contribution in [0, 0.1) is 0 Å². The summed E-state index contributed by atoms with van der Waals surface area (Å²) < 4.78 is 0. The monoisotopic (exact) mass is 545 g/mol. The lowest BCUT2D eigenvalue weighted by atomic mass is 10.00. The number of carbonyl (C=O) groups is 9. The van der Waals surface area contributed by atoms with Crippen molar-refractivity contribution in [2.24, 2.45) is 0 Å². The lowest BCUT2D eigenvalue weighted by molar-refractivity contribution is -0.197. The quantitative estimate of drug-likeness (QED) is 0.206. The van der Waals surface area contributed by atoms with E-state index in [4.69, 9.17) is 14.5 Å². The zero-order valence-electron chi connectivity index (χ0n) is 20.7. The Morgan fingerprint density at radius 2 is 1.08 bits per heavy atom. The van der Waals surface area contributed by atoms with Crippen LogP contribution in [0.2, 0.25) is 0 Å². The molecule has 0 radical (unpaired) electrons. The fourth-order valence-corrected chi connectivity index (χ4v) is 3.66. The van der Waals surface area contributed by atoms with E-state index in [1.807, 2.05) is 0 Å². The molecule has 0 aliphatic carbocycles. The first kappa shape index (κ1) is 28.6. The molecule has 1 aromatic rings. The normalized spacial score (nSPS) is 14.9. The van der Waals surface area contributed by atoms with Crippen LogP contribution in [0.25, 0.3) is 0 Å². The van der Waals surface area contributed by atoms with Crippen LogP contribution in [0.1, 0.15) is 55.7 Å². The summed E-state index contributed by atoms with van der Waals surface area (Å²) in [6.07, 6.45) is -1.96. The Hall–Kier alpha value is -4.95. The number of hydrogen-bond acceptors (Lipinski definition) is 12. The van der Waals surface area contributed by atoms with Gasteiger partial charge in [-0.1, -0.05) is 25.1 Å². The van der Waals surface area contributed by atoms with E-state index in [1.54, 1.807) is 0 Å². The van der Waals surface area contributed by atoms with Gasteiger partial charge >= 0.3 is 17.9 Å². The molecule has 15 heteroatoms. The van der Waals surface area contributed by atoms with E-state index in [0.29, 0.717) is 10.1 Å². The number of nitrogens with zero attached hydrogens (tertiary/aromatic N) is 3. The van der Waals surface area contributed by atoms with E-state index in [-0.39, 0.29) is 60.3 Å². The molecular formula is C24H23N3O12. The van der Waals surface area contributed by atoms with Crippen LogP contribution in [0.15, 0.2) is 18.2 Å². The third-order valence-corrected chi connectivity index (χ3v) is 5.40. The van der Waals surface area contributed by atoms with Gasteiger partial charge in [-0.2, -0.15) is 0 Å². The summed E-state index contributed by atoms with van der Waals surface area (Å²) in [5.41, 5.74) is 0.569. The highest BCUT2D eigenvalue weighted by molar-refractivity contribution is 6.02. The summed E-state index contributed by atoms with van der Waals surface area (Å²) in [6, 6.07) is 4.10. The Morgan fingerprint density at radius 1 is 0.718 bits per heavy atom. The van der Waals surface area contributed by atoms with Gasteiger partial charge in [0.15, 0.2) is 0 Å². The summed E-state index contributed by atoms with van der Waals surface area (Å²) in [5.74, 6) is -6.47. The first-order valence-electron chi connectivity index (χ1n) is 11.7. The summed E-state index contributed by atoms with van der Waals surface area (Å²) in [7, 11) is 0. The minimum absolute atomic E-state index is 0.0273. The van der Waals surface area contributed by atoms with Gasteiger partial charge in [0, 0.05) is 32.1 Å². The summed E-state index contributed by atoms with van der Waals surface area (Å²) in [4.78, 5) is 121. The molecule has 0 N–H and O–H groups in total. The van der Waals surface area contributed by atoms with E-state index in [0.717, 1.165) is 0 Å². The Labute approximate surface area is 220 Å². The maximum Gasteiger partial charge on any atom is 0.337 e. The van der Waals surface area contributed by atoms with Crippen LogP contribution >= 0.6 is 0 Å². The van der Waals surface area contributed by atoms with Crippen molar-refractivity contribution in [1.82, 2.24) is 15.2 Å². The van der Waals surface area contributed by atoms with Gasteiger partial charge in [-0.15, -0.1) is 15.2 Å². The lowest BCUT2D eigenvalue weighted by Crippen LogP contribution is -2.33. The molecule has 1 aromatic carbocycles. The molecule has 0 saturated carbocycles. The van der Waals surface area contributed by atoms with Gasteiger partial charge in [0.25, 0.3) is 35.9 Å². The van der Waals surface area contributed by atoms with E-state index in [2.05, 4.69) is 0 Å². The Balaban J connectivity index is 1.77. The Kier molecular flexibility index (Phi) is 9.20. The van der Waals surface area contributed by atoms with Gasteiger partial charge in [-0.3, -0.25) is 28.8 Å². The Morgan fingerprint density at radius 3 is 1.41 bits per heavy atom. The number of imide groups is 3. The number of hydrogen-bond donors (Lipinski definition) is 0. The molecule has 0 aromatic heterocycles. The van der Waals surface area contributed by atoms with Crippen molar-refractivity contribution in [2.75, 3.05) is 0 Å². The second kappa shape index (κ2) is 12.5. The molecule has 0 spiro atoms. The van der Waals surface area contributed by atoms with Gasteiger partial charge in [0.1, 0.15) is 0 Å². The molecule has 206 valence electrons. The molecule has 2 saturated heterocycles. The maximum atomic E-state index is 12.4. The molecule has 2 heterocycles. The first-order chi connectivity index (χ1) is 18.5. The predicted molar refractivity (Wildman–Crippen MR) is 121 cm³/mol. The van der Waals surface area contributed by atoms with Gasteiger partial charge in [0.2, 0.25) is 0 Å². The van der Waals surface area contributed by atoms with E-state index >= 15 is 0 Å². The van der Waals surface area contributed by atoms with Crippen LogP contribution in [-0.2, 0) is 76.9 Å². The highest BCUT2D eigenvalue weighted by Gasteiger charge is 2.34. The van der Waals surface area contributed by atoms with Crippen LogP contribution in [0.3, 0.4) is 0 Å². The van der Waals surface area contributed by atoms with Crippen molar-refractivity contribution in [3.63, 3.8) is 0 Å². The molecule has 0 unspecified atom stereocenters. The van der Waals surface area contributed by atoms with Gasteiger partial charge in [0.05, 0.1) is 19.3 Å².